The Morgan fingerprint density at radius 1 is 1.09 bits per heavy atom. The van der Waals surface area contributed by atoms with Gasteiger partial charge < -0.3 is 4.90 Å². The van der Waals surface area contributed by atoms with Gasteiger partial charge in [-0.25, -0.2) is 4.39 Å². The van der Waals surface area contributed by atoms with Crippen molar-refractivity contribution in [1.82, 2.24) is 9.80 Å². The summed E-state index contributed by atoms with van der Waals surface area (Å²) in [6.45, 7) is 4.34. The number of carbonyl (C=O) groups excluding carboxylic acids is 1. The van der Waals surface area contributed by atoms with Crippen molar-refractivity contribution in [3.63, 3.8) is 0 Å². The second-order valence-electron chi connectivity index (χ2n) is 7.11. The lowest BCUT2D eigenvalue weighted by Crippen LogP contribution is -2.50. The maximum Gasteiger partial charge on any atom is 0.256 e. The topological polar surface area (TPSA) is 23.6 Å². The third kappa shape index (κ3) is 2.92. The van der Waals surface area contributed by atoms with Gasteiger partial charge in [-0.15, -0.1) is 0 Å². The van der Waals surface area contributed by atoms with Gasteiger partial charge in [0.05, 0.1) is 5.56 Å². The monoisotopic (exact) mass is 314 g/mol. The molecule has 0 N–H and O–H groups in total. The maximum atomic E-state index is 13.8. The third-order valence-electron chi connectivity index (χ3n) is 5.67. The van der Waals surface area contributed by atoms with Crippen LogP contribution in [-0.2, 0) is 0 Å². The predicted octanol–water partition coefficient (Wildman–Crippen LogP) is 2.80. The number of carbonyl (C=O) groups is 1. The van der Waals surface area contributed by atoms with E-state index < -0.39 is 5.82 Å². The molecule has 1 aliphatic heterocycles. The molecule has 2 fully saturated rings. The standard InChI is InChI=1S/C19H23FN2O/c20-18-4-2-1-3-17(18)19(23)22-9-7-21(8-10-22)13-16-12-14-5-6-15(16)11-14/h1-6,14-16H,7-13H2/t14-,15+,16+/m1/s1. The number of allylic oxidation sites excluding steroid dienone is 2. The molecule has 1 aromatic carbocycles. The summed E-state index contributed by atoms with van der Waals surface area (Å²) in [6.07, 6.45) is 7.45. The van der Waals surface area contributed by atoms with Crippen LogP contribution in [0.3, 0.4) is 0 Å². The summed E-state index contributed by atoms with van der Waals surface area (Å²) < 4.78 is 13.8. The first kappa shape index (κ1) is 14.9. The molecule has 4 rings (SSSR count). The van der Waals surface area contributed by atoms with Gasteiger partial charge >= 0.3 is 0 Å². The zero-order chi connectivity index (χ0) is 15.8. The van der Waals surface area contributed by atoms with Crippen LogP contribution >= 0.6 is 0 Å². The maximum absolute atomic E-state index is 13.8. The molecule has 0 spiro atoms. The van der Waals surface area contributed by atoms with Crippen LogP contribution in [0.2, 0.25) is 0 Å². The van der Waals surface area contributed by atoms with E-state index in [9.17, 15) is 9.18 Å². The van der Waals surface area contributed by atoms with Crippen LogP contribution in [0.4, 0.5) is 4.39 Å². The molecule has 3 atom stereocenters. The van der Waals surface area contributed by atoms with E-state index in [1.807, 2.05) is 0 Å². The van der Waals surface area contributed by atoms with E-state index in [0.717, 1.165) is 37.4 Å². The van der Waals surface area contributed by atoms with Crippen molar-refractivity contribution in [3.05, 3.63) is 47.8 Å². The molecule has 4 heteroatoms. The summed E-state index contributed by atoms with van der Waals surface area (Å²) in [5.41, 5.74) is 0.194. The molecule has 3 nitrogen and oxygen atoms in total. The minimum absolute atomic E-state index is 0.175. The quantitative estimate of drug-likeness (QED) is 0.801. The van der Waals surface area contributed by atoms with E-state index in [4.69, 9.17) is 0 Å². The van der Waals surface area contributed by atoms with Gasteiger partial charge in [0, 0.05) is 32.7 Å². The van der Waals surface area contributed by atoms with E-state index >= 15 is 0 Å². The summed E-state index contributed by atoms with van der Waals surface area (Å²) in [7, 11) is 0. The van der Waals surface area contributed by atoms with Crippen LogP contribution in [0.1, 0.15) is 23.2 Å². The Bertz CT molecular complexity index is 622. The summed E-state index contributed by atoms with van der Waals surface area (Å²) in [5.74, 6) is 1.78. The fourth-order valence-electron chi connectivity index (χ4n) is 4.37. The fourth-order valence-corrected chi connectivity index (χ4v) is 4.37. The van der Waals surface area contributed by atoms with Crippen molar-refractivity contribution >= 4 is 5.91 Å². The van der Waals surface area contributed by atoms with Gasteiger partial charge in [0.2, 0.25) is 0 Å². The Kier molecular flexibility index (Phi) is 3.93. The average molecular weight is 314 g/mol. The molecule has 122 valence electrons. The van der Waals surface area contributed by atoms with Gasteiger partial charge in [0.25, 0.3) is 5.91 Å². The molecular weight excluding hydrogens is 291 g/mol. The van der Waals surface area contributed by atoms with Crippen molar-refractivity contribution in [3.8, 4) is 0 Å². The van der Waals surface area contributed by atoms with Crippen LogP contribution in [0, 0.1) is 23.6 Å². The van der Waals surface area contributed by atoms with Gasteiger partial charge in [-0.2, -0.15) is 0 Å². The van der Waals surface area contributed by atoms with E-state index in [0.29, 0.717) is 13.1 Å². The van der Waals surface area contributed by atoms with E-state index in [1.165, 1.54) is 18.9 Å². The first-order valence-electron chi connectivity index (χ1n) is 8.65. The van der Waals surface area contributed by atoms with Crippen molar-refractivity contribution in [2.45, 2.75) is 12.8 Å². The Morgan fingerprint density at radius 3 is 2.52 bits per heavy atom. The first-order chi connectivity index (χ1) is 11.2. The lowest BCUT2D eigenvalue weighted by molar-refractivity contribution is 0.0606. The van der Waals surface area contributed by atoms with Crippen LogP contribution in [0.25, 0.3) is 0 Å². The largest absolute Gasteiger partial charge is 0.336 e. The number of piperazine rings is 1. The van der Waals surface area contributed by atoms with Crippen LogP contribution < -0.4 is 0 Å². The van der Waals surface area contributed by atoms with Gasteiger partial charge in [-0.1, -0.05) is 24.3 Å². The van der Waals surface area contributed by atoms with Crippen molar-refractivity contribution in [2.75, 3.05) is 32.7 Å². The van der Waals surface area contributed by atoms with E-state index in [-0.39, 0.29) is 11.5 Å². The van der Waals surface area contributed by atoms with Gasteiger partial charge in [-0.3, -0.25) is 9.69 Å². The highest BCUT2D eigenvalue weighted by atomic mass is 19.1. The number of fused-ring (bicyclic) bond motifs is 2. The first-order valence-corrected chi connectivity index (χ1v) is 8.65. The zero-order valence-corrected chi connectivity index (χ0v) is 13.3. The van der Waals surface area contributed by atoms with Gasteiger partial charge in [0.15, 0.2) is 0 Å². The second-order valence-corrected chi connectivity index (χ2v) is 7.11. The number of hydrogen-bond acceptors (Lipinski definition) is 2. The molecule has 1 saturated heterocycles. The number of rotatable bonds is 3. The van der Waals surface area contributed by atoms with Crippen LogP contribution in [0.15, 0.2) is 36.4 Å². The van der Waals surface area contributed by atoms with E-state index in [1.54, 1.807) is 23.1 Å². The molecule has 1 amide bonds. The molecule has 1 heterocycles. The minimum Gasteiger partial charge on any atom is -0.336 e. The lowest BCUT2D eigenvalue weighted by Gasteiger charge is -2.37. The summed E-state index contributed by atoms with van der Waals surface area (Å²) in [6, 6.07) is 6.26. The van der Waals surface area contributed by atoms with Crippen molar-refractivity contribution in [1.29, 1.82) is 0 Å². The van der Waals surface area contributed by atoms with Crippen LogP contribution in [0.5, 0.6) is 0 Å². The zero-order valence-electron chi connectivity index (χ0n) is 13.3. The highest BCUT2D eigenvalue weighted by Crippen LogP contribution is 2.43. The molecule has 2 aliphatic carbocycles. The smallest absolute Gasteiger partial charge is 0.256 e. The van der Waals surface area contributed by atoms with Gasteiger partial charge in [-0.05, 0) is 42.7 Å². The SMILES string of the molecule is O=C(c1ccccc1F)N1CCN(C[C@@H]2C[C@@H]3C=C[C@H]2C3)CC1. The highest BCUT2D eigenvalue weighted by Gasteiger charge is 2.36. The molecule has 3 aliphatic rings. The fraction of sp³-hybridized carbons (Fsp3) is 0.526. The predicted molar refractivity (Wildman–Crippen MR) is 87.6 cm³/mol. The molecule has 23 heavy (non-hydrogen) atoms. The molecule has 0 aromatic heterocycles. The third-order valence-corrected chi connectivity index (χ3v) is 5.67. The Hall–Kier alpha value is -1.68. The summed E-state index contributed by atoms with van der Waals surface area (Å²) in [5, 5.41) is 0. The summed E-state index contributed by atoms with van der Waals surface area (Å²) >= 11 is 0. The number of amides is 1. The number of nitrogens with zero attached hydrogens (tertiary/aromatic N) is 2. The van der Waals surface area contributed by atoms with Crippen molar-refractivity contribution in [2.24, 2.45) is 17.8 Å². The molecule has 1 saturated carbocycles. The number of hydrogen-bond donors (Lipinski definition) is 0. The Balaban J connectivity index is 1.32. The lowest BCUT2D eigenvalue weighted by atomic mass is 9.93. The molecular formula is C19H23FN2O. The normalized spacial score (nSPS) is 30.1. The molecule has 2 bridgehead atoms. The Labute approximate surface area is 136 Å². The van der Waals surface area contributed by atoms with E-state index in [2.05, 4.69) is 17.1 Å². The average Bonchev–Trinajstić information content (AvgIpc) is 3.18. The highest BCUT2D eigenvalue weighted by molar-refractivity contribution is 5.94. The Morgan fingerprint density at radius 2 is 1.87 bits per heavy atom. The number of benzene rings is 1. The number of halogens is 1. The van der Waals surface area contributed by atoms with Crippen molar-refractivity contribution < 1.29 is 9.18 Å². The minimum atomic E-state index is -0.423. The molecule has 0 unspecified atom stereocenters. The summed E-state index contributed by atoms with van der Waals surface area (Å²) in [4.78, 5) is 16.7. The molecule has 0 radical (unpaired) electrons. The van der Waals surface area contributed by atoms with Gasteiger partial charge in [0.1, 0.15) is 5.82 Å². The van der Waals surface area contributed by atoms with Crippen LogP contribution in [-0.4, -0.2) is 48.4 Å². The second kappa shape index (κ2) is 6.08. The molecule has 1 aromatic rings.